The largest absolute Gasteiger partial charge is 0.368 e. The highest BCUT2D eigenvalue weighted by molar-refractivity contribution is 5.86. The van der Waals surface area contributed by atoms with Crippen molar-refractivity contribution in [3.63, 3.8) is 0 Å². The van der Waals surface area contributed by atoms with Crippen LogP contribution in [0.4, 0.5) is 0 Å². The second-order valence-electron chi connectivity index (χ2n) is 7.18. The molecule has 1 unspecified atom stereocenters. The Kier molecular flexibility index (Phi) is 15.5. The monoisotopic (exact) mass is 414 g/mol. The van der Waals surface area contributed by atoms with Gasteiger partial charge in [0, 0.05) is 51.5 Å². The van der Waals surface area contributed by atoms with E-state index in [1.54, 1.807) is 7.05 Å². The predicted octanol–water partition coefficient (Wildman–Crippen LogP) is -1.25. The zero-order valence-electron chi connectivity index (χ0n) is 17.9. The van der Waals surface area contributed by atoms with Crippen LogP contribution >= 0.6 is 0 Å². The zero-order chi connectivity index (χ0) is 22.1. The molecular formula is C19H38N6O4. The van der Waals surface area contributed by atoms with Crippen LogP contribution in [0.2, 0.25) is 0 Å². The van der Waals surface area contributed by atoms with Gasteiger partial charge in [-0.2, -0.15) is 0 Å². The Morgan fingerprint density at radius 2 is 1.38 bits per heavy atom. The lowest BCUT2D eigenvalue weighted by Gasteiger charge is -2.16. The molecule has 0 aromatic heterocycles. The van der Waals surface area contributed by atoms with Crippen LogP contribution in [-0.2, 0) is 19.2 Å². The first-order valence-corrected chi connectivity index (χ1v) is 10.3. The molecule has 10 heteroatoms. The van der Waals surface area contributed by atoms with Gasteiger partial charge in [0.1, 0.15) is 6.04 Å². The maximum absolute atomic E-state index is 11.9. The number of hydrogen-bond acceptors (Lipinski definition) is 6. The molecule has 0 spiro atoms. The first-order chi connectivity index (χ1) is 13.8. The minimum atomic E-state index is -0.756. The molecule has 1 atom stereocenters. The van der Waals surface area contributed by atoms with E-state index in [1.807, 2.05) is 13.8 Å². The van der Waals surface area contributed by atoms with Crippen LogP contribution in [0.3, 0.4) is 0 Å². The lowest BCUT2D eigenvalue weighted by molar-refractivity contribution is -0.127. The number of amides is 4. The number of unbranched alkanes of at least 4 members (excludes halogenated alkanes) is 1. The Hall–Kier alpha value is -2.20. The summed E-state index contributed by atoms with van der Waals surface area (Å²) in [6.45, 7) is 5.96. The summed E-state index contributed by atoms with van der Waals surface area (Å²) in [5.74, 6) is -1.09. The fraction of sp³-hybridized carbons (Fsp3) is 0.789. The number of carbonyl (C=O) groups excluding carboxylic acids is 4. The van der Waals surface area contributed by atoms with Gasteiger partial charge in [0.05, 0.1) is 0 Å². The number of nitrogens with one attached hydrogen (secondary N) is 5. The maximum Gasteiger partial charge on any atom is 0.239 e. The van der Waals surface area contributed by atoms with Crippen molar-refractivity contribution in [2.24, 2.45) is 5.73 Å². The number of carbonyl (C=O) groups is 4. The van der Waals surface area contributed by atoms with Gasteiger partial charge in [0.15, 0.2) is 0 Å². The lowest BCUT2D eigenvalue weighted by Crippen LogP contribution is -2.45. The average Bonchev–Trinajstić information content (AvgIpc) is 2.64. The molecule has 0 rings (SSSR count). The second kappa shape index (κ2) is 16.7. The molecule has 0 saturated carbocycles. The summed E-state index contributed by atoms with van der Waals surface area (Å²) in [4.78, 5) is 46.6. The molecule has 0 aliphatic rings. The van der Waals surface area contributed by atoms with Gasteiger partial charge < -0.3 is 32.3 Å². The zero-order valence-corrected chi connectivity index (χ0v) is 17.9. The normalized spacial score (nSPS) is 11.7. The van der Waals surface area contributed by atoms with E-state index in [9.17, 15) is 19.2 Å². The molecule has 0 heterocycles. The van der Waals surface area contributed by atoms with Crippen LogP contribution < -0.4 is 32.3 Å². The Morgan fingerprint density at radius 1 is 0.793 bits per heavy atom. The van der Waals surface area contributed by atoms with Crippen LogP contribution in [0, 0.1) is 0 Å². The summed E-state index contributed by atoms with van der Waals surface area (Å²) < 4.78 is 0. The van der Waals surface area contributed by atoms with Gasteiger partial charge in [-0.05, 0) is 26.3 Å². The average molecular weight is 415 g/mol. The topological polar surface area (TPSA) is 154 Å². The Morgan fingerprint density at radius 3 is 1.97 bits per heavy atom. The van der Waals surface area contributed by atoms with Gasteiger partial charge in [0.2, 0.25) is 23.6 Å². The highest BCUT2D eigenvalue weighted by atomic mass is 16.2. The number of primary amides is 1. The fourth-order valence-electron chi connectivity index (χ4n) is 2.46. The van der Waals surface area contributed by atoms with Crippen LogP contribution in [0.25, 0.3) is 0 Å². The molecule has 0 aromatic rings. The molecule has 0 radical (unpaired) electrons. The Bertz CT molecular complexity index is 513. The van der Waals surface area contributed by atoms with Crippen LogP contribution in [0.1, 0.15) is 52.4 Å². The minimum Gasteiger partial charge on any atom is -0.368 e. The molecule has 29 heavy (non-hydrogen) atoms. The van der Waals surface area contributed by atoms with E-state index in [4.69, 9.17) is 5.73 Å². The summed E-state index contributed by atoms with van der Waals surface area (Å²) in [6.07, 6.45) is 2.57. The van der Waals surface area contributed by atoms with Crippen molar-refractivity contribution in [3.05, 3.63) is 0 Å². The van der Waals surface area contributed by atoms with Crippen LogP contribution in [-0.4, -0.2) is 68.9 Å². The van der Waals surface area contributed by atoms with E-state index >= 15 is 0 Å². The highest BCUT2D eigenvalue weighted by Crippen LogP contribution is 2.01. The molecular weight excluding hydrogens is 376 g/mol. The summed E-state index contributed by atoms with van der Waals surface area (Å²) in [5.41, 5.74) is 5.35. The van der Waals surface area contributed by atoms with Gasteiger partial charge in [-0.3, -0.25) is 19.2 Å². The van der Waals surface area contributed by atoms with Crippen LogP contribution in [0.5, 0.6) is 0 Å². The molecule has 168 valence electrons. The van der Waals surface area contributed by atoms with Crippen molar-refractivity contribution in [1.82, 2.24) is 26.6 Å². The van der Waals surface area contributed by atoms with Crippen molar-refractivity contribution in [1.29, 1.82) is 0 Å². The first kappa shape index (κ1) is 26.8. The molecule has 0 bridgehead atoms. The smallest absolute Gasteiger partial charge is 0.239 e. The van der Waals surface area contributed by atoms with Crippen molar-refractivity contribution in [2.75, 3.05) is 33.2 Å². The van der Waals surface area contributed by atoms with Crippen molar-refractivity contribution < 1.29 is 19.2 Å². The maximum atomic E-state index is 11.9. The second-order valence-corrected chi connectivity index (χ2v) is 7.18. The highest BCUT2D eigenvalue weighted by Gasteiger charge is 2.17. The van der Waals surface area contributed by atoms with Gasteiger partial charge in [-0.25, -0.2) is 0 Å². The molecule has 7 N–H and O–H groups in total. The van der Waals surface area contributed by atoms with Crippen molar-refractivity contribution in [3.8, 4) is 0 Å². The first-order valence-electron chi connectivity index (χ1n) is 10.3. The molecule has 0 aliphatic heterocycles. The van der Waals surface area contributed by atoms with Crippen molar-refractivity contribution in [2.45, 2.75) is 64.5 Å². The van der Waals surface area contributed by atoms with Crippen molar-refractivity contribution >= 4 is 23.6 Å². The SMILES string of the molecule is CNCCC(=O)NCCC(=O)NC(CCCCNC(=O)CCNC(C)C)C(N)=O. The van der Waals surface area contributed by atoms with E-state index in [0.717, 1.165) is 0 Å². The Labute approximate surface area is 173 Å². The van der Waals surface area contributed by atoms with E-state index in [-0.39, 0.29) is 30.7 Å². The van der Waals surface area contributed by atoms with Gasteiger partial charge in [-0.15, -0.1) is 0 Å². The van der Waals surface area contributed by atoms with Crippen LogP contribution in [0.15, 0.2) is 0 Å². The molecule has 0 fully saturated rings. The predicted molar refractivity (Wildman–Crippen MR) is 112 cm³/mol. The summed E-state index contributed by atoms with van der Waals surface area (Å²) >= 11 is 0. The van der Waals surface area contributed by atoms with E-state index < -0.39 is 11.9 Å². The third kappa shape index (κ3) is 16.5. The standard InChI is InChI=1S/C19H38N6O4/c1-14(2)22-12-8-17(27)23-10-5-4-6-15(19(20)29)25-18(28)9-13-24-16(26)7-11-21-3/h14-15,21-22H,4-13H2,1-3H3,(H2,20,29)(H,23,27)(H,24,26)(H,25,28). The quantitative estimate of drug-likeness (QED) is 0.163. The summed E-state index contributed by atoms with van der Waals surface area (Å²) in [7, 11) is 1.75. The third-order valence-electron chi connectivity index (χ3n) is 4.10. The summed E-state index contributed by atoms with van der Waals surface area (Å²) in [6, 6.07) is -0.410. The lowest BCUT2D eigenvalue weighted by atomic mass is 10.1. The molecule has 10 nitrogen and oxygen atoms in total. The van der Waals surface area contributed by atoms with E-state index in [0.29, 0.717) is 57.8 Å². The molecule has 0 saturated heterocycles. The van der Waals surface area contributed by atoms with Gasteiger partial charge in [0.25, 0.3) is 0 Å². The number of nitrogens with two attached hydrogens (primary N) is 1. The molecule has 0 aromatic carbocycles. The molecule has 4 amide bonds. The van der Waals surface area contributed by atoms with Gasteiger partial charge in [-0.1, -0.05) is 13.8 Å². The Balaban J connectivity index is 3.94. The number of rotatable bonds is 17. The third-order valence-corrected chi connectivity index (χ3v) is 4.10. The van der Waals surface area contributed by atoms with E-state index in [2.05, 4.69) is 26.6 Å². The van der Waals surface area contributed by atoms with E-state index in [1.165, 1.54) is 0 Å². The number of hydrogen-bond donors (Lipinski definition) is 6. The molecule has 0 aliphatic carbocycles. The fourth-order valence-corrected chi connectivity index (χ4v) is 2.46. The minimum absolute atomic E-state index is 0.0188. The summed E-state index contributed by atoms with van der Waals surface area (Å²) in [5, 5.41) is 14.1. The van der Waals surface area contributed by atoms with Gasteiger partial charge >= 0.3 is 0 Å².